The van der Waals surface area contributed by atoms with Gasteiger partial charge in [-0.15, -0.1) is 11.8 Å². The van der Waals surface area contributed by atoms with E-state index in [9.17, 15) is 34.2 Å². The van der Waals surface area contributed by atoms with Crippen LogP contribution in [0.15, 0.2) is 75.9 Å². The minimum atomic E-state index is -1.36. The summed E-state index contributed by atoms with van der Waals surface area (Å²) in [6.07, 6.45) is 0. The van der Waals surface area contributed by atoms with E-state index in [1.807, 2.05) is 24.3 Å². The lowest BCUT2D eigenvalue weighted by atomic mass is 9.95. The summed E-state index contributed by atoms with van der Waals surface area (Å²) < 4.78 is 4.65. The third-order valence-corrected chi connectivity index (χ3v) is 9.15. The maximum atomic E-state index is 13.6. The SMILES string of the molecule is CC1(C)S[C@@H]2[C@H](NC(=O)C(NC(=O)c3cc4cc5ccccc5cc4oc3=O)c3ccc(O)cc3)C(=O)N2[C@H]1C(=O)O. The van der Waals surface area contributed by atoms with Crippen molar-refractivity contribution in [2.24, 2.45) is 0 Å². The molecule has 4 atom stereocenters. The van der Waals surface area contributed by atoms with Crippen LogP contribution in [0.3, 0.4) is 0 Å². The number of thioether (sulfide) groups is 1. The molecular formula is C30H25N3O8S. The first-order chi connectivity index (χ1) is 19.9. The van der Waals surface area contributed by atoms with Crippen LogP contribution < -0.4 is 16.3 Å². The molecule has 6 rings (SSSR count). The summed E-state index contributed by atoms with van der Waals surface area (Å²) in [4.78, 5) is 65.8. The van der Waals surface area contributed by atoms with Gasteiger partial charge >= 0.3 is 11.6 Å². The molecule has 1 aromatic heterocycles. The van der Waals surface area contributed by atoms with Crippen molar-refractivity contribution >= 4 is 57.2 Å². The third kappa shape index (κ3) is 4.53. The molecule has 0 spiro atoms. The number of hydrogen-bond donors (Lipinski definition) is 4. The van der Waals surface area contributed by atoms with E-state index in [1.165, 1.54) is 47.0 Å². The van der Waals surface area contributed by atoms with Crippen molar-refractivity contribution in [3.63, 3.8) is 0 Å². The lowest BCUT2D eigenvalue weighted by Gasteiger charge is -2.44. The molecule has 0 bridgehead atoms. The minimum absolute atomic E-state index is 0.0688. The fourth-order valence-electron chi connectivity index (χ4n) is 5.52. The van der Waals surface area contributed by atoms with E-state index in [0.29, 0.717) is 11.0 Å². The molecule has 2 fully saturated rings. The van der Waals surface area contributed by atoms with Crippen molar-refractivity contribution in [1.29, 1.82) is 0 Å². The quantitative estimate of drug-likeness (QED) is 0.151. The van der Waals surface area contributed by atoms with Crippen LogP contribution in [0.1, 0.15) is 35.8 Å². The number of phenolic OH excluding ortho intramolecular Hbond substituents is 1. The summed E-state index contributed by atoms with van der Waals surface area (Å²) in [6, 6.07) is 14.5. The molecule has 2 saturated heterocycles. The van der Waals surface area contributed by atoms with Crippen LogP contribution in [-0.2, 0) is 14.4 Å². The molecule has 12 heteroatoms. The number of nitrogens with one attached hydrogen (secondary N) is 2. The molecular weight excluding hydrogens is 562 g/mol. The highest BCUT2D eigenvalue weighted by Crippen LogP contribution is 2.50. The van der Waals surface area contributed by atoms with Gasteiger partial charge < -0.3 is 30.2 Å². The first-order valence-electron chi connectivity index (χ1n) is 13.0. The van der Waals surface area contributed by atoms with Gasteiger partial charge in [0.15, 0.2) is 0 Å². The Balaban J connectivity index is 1.29. The van der Waals surface area contributed by atoms with E-state index in [1.54, 1.807) is 26.0 Å². The Morgan fingerprint density at radius 2 is 1.64 bits per heavy atom. The molecule has 214 valence electrons. The van der Waals surface area contributed by atoms with Gasteiger partial charge in [0, 0.05) is 10.1 Å². The molecule has 42 heavy (non-hydrogen) atoms. The number of phenols is 1. The fourth-order valence-corrected chi connectivity index (χ4v) is 7.15. The van der Waals surface area contributed by atoms with Crippen LogP contribution in [0.4, 0.5) is 0 Å². The van der Waals surface area contributed by atoms with Gasteiger partial charge in [-0.2, -0.15) is 0 Å². The van der Waals surface area contributed by atoms with Crippen molar-refractivity contribution in [1.82, 2.24) is 15.5 Å². The first kappa shape index (κ1) is 27.3. The molecule has 0 saturated carbocycles. The van der Waals surface area contributed by atoms with Crippen LogP contribution in [0.25, 0.3) is 21.7 Å². The van der Waals surface area contributed by atoms with E-state index in [-0.39, 0.29) is 16.9 Å². The highest BCUT2D eigenvalue weighted by Gasteiger charge is 2.64. The summed E-state index contributed by atoms with van der Waals surface area (Å²) in [7, 11) is 0. The van der Waals surface area contributed by atoms with Gasteiger partial charge in [0.05, 0.1) is 0 Å². The Hall–Kier alpha value is -4.84. The average Bonchev–Trinajstić information content (AvgIpc) is 3.21. The maximum absolute atomic E-state index is 13.6. The van der Waals surface area contributed by atoms with Gasteiger partial charge in [-0.25, -0.2) is 9.59 Å². The van der Waals surface area contributed by atoms with Gasteiger partial charge in [0.2, 0.25) is 11.8 Å². The van der Waals surface area contributed by atoms with Crippen LogP contribution >= 0.6 is 11.8 Å². The second-order valence-electron chi connectivity index (χ2n) is 10.8. The predicted octanol–water partition coefficient (Wildman–Crippen LogP) is 2.75. The summed E-state index contributed by atoms with van der Waals surface area (Å²) in [5.74, 6) is -3.38. The maximum Gasteiger partial charge on any atom is 0.349 e. The van der Waals surface area contributed by atoms with Crippen molar-refractivity contribution in [2.45, 2.75) is 42.1 Å². The smallest absolute Gasteiger partial charge is 0.349 e. The van der Waals surface area contributed by atoms with Gasteiger partial charge in [-0.3, -0.25) is 14.4 Å². The van der Waals surface area contributed by atoms with E-state index in [4.69, 9.17) is 4.42 Å². The standard InChI is InChI=1S/C30H25N3O8S/c1-30(2)23(28(38)39)33-26(37)22(27(33)42-30)32-25(36)21(14-7-9-18(34)10-8-14)31-24(35)19-12-17-11-15-5-3-4-6-16(15)13-20(17)41-29(19)40/h3-13,21-23,27,34H,1-2H3,(H,31,35)(H,32,36)(H,38,39)/t21?,22-,23+,27-/m1/s1. The fraction of sp³-hybridized carbons (Fsp3) is 0.233. The van der Waals surface area contributed by atoms with Crippen LogP contribution in [-0.4, -0.2) is 61.0 Å². The molecule has 2 aliphatic rings. The number of benzene rings is 3. The van der Waals surface area contributed by atoms with Gasteiger partial charge in [0.1, 0.15) is 40.4 Å². The lowest BCUT2D eigenvalue weighted by Crippen LogP contribution is -2.71. The molecule has 0 radical (unpaired) electrons. The molecule has 0 aliphatic carbocycles. The first-order valence-corrected chi connectivity index (χ1v) is 13.9. The number of fused-ring (bicyclic) bond motifs is 3. The molecule has 11 nitrogen and oxygen atoms in total. The van der Waals surface area contributed by atoms with Crippen molar-refractivity contribution in [3.05, 3.63) is 88.3 Å². The van der Waals surface area contributed by atoms with E-state index in [0.717, 1.165) is 10.8 Å². The number of carboxylic acid groups (broad SMARTS) is 1. The number of aliphatic carboxylic acids is 1. The number of aromatic hydroxyl groups is 1. The number of carbonyl (C=O) groups is 4. The zero-order chi connectivity index (χ0) is 29.9. The number of amides is 3. The number of carboxylic acids is 1. The summed E-state index contributed by atoms with van der Waals surface area (Å²) in [5.41, 5.74) is -0.638. The zero-order valence-corrected chi connectivity index (χ0v) is 23.2. The highest BCUT2D eigenvalue weighted by atomic mass is 32.2. The van der Waals surface area contributed by atoms with Crippen molar-refractivity contribution in [3.8, 4) is 5.75 Å². The largest absolute Gasteiger partial charge is 0.508 e. The third-order valence-electron chi connectivity index (χ3n) is 7.58. The molecule has 3 amide bonds. The van der Waals surface area contributed by atoms with Crippen molar-refractivity contribution in [2.75, 3.05) is 0 Å². The van der Waals surface area contributed by atoms with E-state index in [2.05, 4.69) is 10.6 Å². The van der Waals surface area contributed by atoms with Crippen molar-refractivity contribution < 1.29 is 33.8 Å². The van der Waals surface area contributed by atoms with E-state index >= 15 is 0 Å². The number of nitrogens with zero attached hydrogens (tertiary/aromatic N) is 1. The Morgan fingerprint density at radius 3 is 2.31 bits per heavy atom. The summed E-state index contributed by atoms with van der Waals surface area (Å²) in [6.45, 7) is 3.44. The molecule has 4 N–H and O–H groups in total. The average molecular weight is 588 g/mol. The Labute approximate surface area is 242 Å². The summed E-state index contributed by atoms with van der Waals surface area (Å²) in [5, 5.41) is 26.3. The number of hydrogen-bond acceptors (Lipinski definition) is 8. The lowest BCUT2D eigenvalue weighted by molar-refractivity contribution is -0.161. The molecule has 4 aromatic rings. The Kier molecular flexibility index (Phi) is 6.45. The van der Waals surface area contributed by atoms with Crippen LogP contribution in [0.5, 0.6) is 5.75 Å². The molecule has 3 heterocycles. The second-order valence-corrected chi connectivity index (χ2v) is 12.5. The topological polar surface area (TPSA) is 166 Å². The Bertz CT molecular complexity index is 1850. The summed E-state index contributed by atoms with van der Waals surface area (Å²) >= 11 is 1.27. The molecule has 2 aliphatic heterocycles. The highest BCUT2D eigenvalue weighted by molar-refractivity contribution is 8.01. The van der Waals surface area contributed by atoms with Crippen LogP contribution in [0, 0.1) is 0 Å². The monoisotopic (exact) mass is 587 g/mol. The predicted molar refractivity (Wildman–Crippen MR) is 154 cm³/mol. The number of rotatable bonds is 6. The number of carbonyl (C=O) groups excluding carboxylic acids is 3. The van der Waals surface area contributed by atoms with Crippen LogP contribution in [0.2, 0.25) is 0 Å². The second kappa shape index (κ2) is 9.91. The molecule has 1 unspecified atom stereocenters. The normalized spacial score (nSPS) is 21.4. The van der Waals surface area contributed by atoms with Gasteiger partial charge in [-0.05, 0) is 60.5 Å². The Morgan fingerprint density at radius 1 is 0.976 bits per heavy atom. The van der Waals surface area contributed by atoms with Gasteiger partial charge in [-0.1, -0.05) is 36.4 Å². The van der Waals surface area contributed by atoms with E-state index < -0.39 is 57.6 Å². The zero-order valence-electron chi connectivity index (χ0n) is 22.4. The number of β-lactam (4-membered cyclic amide) rings is 1. The molecule has 3 aromatic carbocycles. The minimum Gasteiger partial charge on any atom is -0.508 e. The van der Waals surface area contributed by atoms with Gasteiger partial charge in [0.25, 0.3) is 5.91 Å².